The fraction of sp³-hybridized carbons (Fsp3) is 0.0175. The second-order valence-corrected chi connectivity index (χ2v) is 18.5. The first kappa shape index (κ1) is 41.4. The molecule has 2 aromatic heterocycles. The fourth-order valence-electron chi connectivity index (χ4n) is 7.78. The molecular formula is C57H39N6O2P. The van der Waals surface area contributed by atoms with Crippen molar-refractivity contribution in [2.24, 2.45) is 0 Å². The van der Waals surface area contributed by atoms with Crippen molar-refractivity contribution in [3.8, 4) is 85.6 Å². The van der Waals surface area contributed by atoms with E-state index in [0.29, 0.717) is 28.8 Å². The Morgan fingerprint density at radius 1 is 0.409 bits per heavy atom. The number of nitrogens with zero attached hydrogens (tertiary/aromatic N) is 6. The molecule has 0 aliphatic carbocycles. The average molecular weight is 871 g/mol. The molecule has 8 aromatic carbocycles. The highest BCUT2D eigenvalue weighted by Gasteiger charge is 2.29. The van der Waals surface area contributed by atoms with Crippen molar-refractivity contribution < 1.29 is 9.30 Å². The molecule has 9 heteroatoms. The van der Waals surface area contributed by atoms with E-state index in [9.17, 15) is 5.26 Å². The van der Waals surface area contributed by atoms with Crippen molar-refractivity contribution in [3.05, 3.63) is 230 Å². The first-order valence-electron chi connectivity index (χ1n) is 21.4. The Kier molecular flexibility index (Phi) is 11.4. The van der Waals surface area contributed by atoms with Crippen LogP contribution < -0.4 is 20.7 Å². The third-order valence-corrected chi connectivity index (χ3v) is 14.3. The molecule has 10 rings (SSSR count). The largest absolute Gasteiger partial charge is 0.424 e. The Balaban J connectivity index is 1.03. The lowest BCUT2D eigenvalue weighted by molar-refractivity contribution is 0.441. The van der Waals surface area contributed by atoms with E-state index in [4.69, 9.17) is 24.7 Å². The normalized spacial score (nSPS) is 11.2. The lowest BCUT2D eigenvalue weighted by Crippen LogP contribution is -2.24. The molecule has 0 saturated heterocycles. The Morgan fingerprint density at radius 3 is 1.45 bits per heavy atom. The summed E-state index contributed by atoms with van der Waals surface area (Å²) in [6, 6.07) is 72.7. The van der Waals surface area contributed by atoms with Gasteiger partial charge in [0.25, 0.3) is 0 Å². The summed E-state index contributed by atoms with van der Waals surface area (Å²) >= 11 is 0. The van der Waals surface area contributed by atoms with Gasteiger partial charge in [-0.1, -0.05) is 169 Å². The number of nitriles is 1. The molecule has 314 valence electrons. The number of ether oxygens (including phenoxy) is 1. The predicted molar refractivity (Wildman–Crippen MR) is 263 cm³/mol. The molecule has 0 N–H and O–H groups in total. The van der Waals surface area contributed by atoms with Crippen LogP contribution in [0.2, 0.25) is 0 Å². The second-order valence-electron chi connectivity index (χ2n) is 15.7. The molecule has 0 amide bonds. The van der Waals surface area contributed by atoms with Gasteiger partial charge in [0.1, 0.15) is 5.75 Å². The zero-order valence-electron chi connectivity index (χ0n) is 35.7. The number of hydrogen-bond acceptors (Lipinski definition) is 8. The van der Waals surface area contributed by atoms with Crippen molar-refractivity contribution in [2.45, 2.75) is 6.92 Å². The van der Waals surface area contributed by atoms with Gasteiger partial charge in [0, 0.05) is 43.7 Å². The number of para-hydroxylation sites is 1. The van der Waals surface area contributed by atoms with E-state index in [1.54, 1.807) is 12.1 Å². The van der Waals surface area contributed by atoms with E-state index in [2.05, 4.69) is 72.6 Å². The van der Waals surface area contributed by atoms with Gasteiger partial charge in [-0.25, -0.2) is 15.0 Å². The van der Waals surface area contributed by atoms with E-state index in [-0.39, 0.29) is 6.01 Å². The first-order chi connectivity index (χ1) is 32.4. The standard InChI is InChI=1S/C57H39N6O2P/c1-39-23-27-41(28-24-39)52-37-53(60-54(59-52)43-31-33-51(34-32-43)66(64,49-19-7-3-8-20-49)50-21-9-4-10-22-50)46-15-11-13-44(35-46)45-14-12-16-47(36-45)56-61-55(42-29-25-40(38-58)26-30-42)62-57(63-56)65-48-17-5-2-6-18-48/h2-37H,1H3. The highest BCUT2D eigenvalue weighted by Crippen LogP contribution is 2.43. The third-order valence-electron chi connectivity index (χ3n) is 11.3. The van der Waals surface area contributed by atoms with Crippen molar-refractivity contribution in [1.29, 1.82) is 5.26 Å². The summed E-state index contributed by atoms with van der Waals surface area (Å²) in [7, 11) is -3.17. The van der Waals surface area contributed by atoms with Crippen molar-refractivity contribution in [2.75, 3.05) is 0 Å². The van der Waals surface area contributed by atoms with Crippen LogP contribution >= 0.6 is 7.14 Å². The monoisotopic (exact) mass is 870 g/mol. The quantitative estimate of drug-likeness (QED) is 0.118. The summed E-state index contributed by atoms with van der Waals surface area (Å²) in [5.74, 6) is 2.00. The van der Waals surface area contributed by atoms with Crippen LogP contribution in [0.15, 0.2) is 218 Å². The van der Waals surface area contributed by atoms with Gasteiger partial charge >= 0.3 is 6.01 Å². The van der Waals surface area contributed by atoms with Crippen LogP contribution in [0.3, 0.4) is 0 Å². The number of rotatable bonds is 11. The maximum Gasteiger partial charge on any atom is 0.326 e. The van der Waals surface area contributed by atoms with Crippen molar-refractivity contribution in [1.82, 2.24) is 24.9 Å². The minimum absolute atomic E-state index is 0.151. The van der Waals surface area contributed by atoms with Gasteiger partial charge in [0.05, 0.1) is 23.0 Å². The van der Waals surface area contributed by atoms with E-state index in [1.807, 2.05) is 152 Å². The molecule has 0 bridgehead atoms. The first-order valence-corrected chi connectivity index (χ1v) is 23.1. The van der Waals surface area contributed by atoms with Crippen LogP contribution in [-0.2, 0) is 4.57 Å². The van der Waals surface area contributed by atoms with Crippen LogP contribution in [0, 0.1) is 18.3 Å². The number of hydrogen-bond donors (Lipinski definition) is 0. The summed E-state index contributed by atoms with van der Waals surface area (Å²) in [4.78, 5) is 24.6. The molecule has 0 aliphatic heterocycles. The molecule has 10 aromatic rings. The maximum absolute atomic E-state index is 15.1. The molecule has 0 fully saturated rings. The number of aryl methyl sites for hydroxylation is 1. The van der Waals surface area contributed by atoms with Gasteiger partial charge in [-0.05, 0) is 72.6 Å². The highest BCUT2D eigenvalue weighted by atomic mass is 31.2. The van der Waals surface area contributed by atoms with Crippen LogP contribution in [-0.4, -0.2) is 24.9 Å². The summed E-state index contributed by atoms with van der Waals surface area (Å²) in [5, 5.41) is 11.7. The topological polar surface area (TPSA) is 115 Å². The SMILES string of the molecule is Cc1ccc(-c2cc(-c3cccc(-c4cccc(-c5nc(Oc6ccccc6)nc(-c6ccc(C#N)cc6)n5)c4)c3)nc(-c3ccc(P(=O)(c4ccccc4)c4ccccc4)cc3)n2)cc1. The molecule has 0 aliphatic rings. The number of aromatic nitrogens is 5. The molecule has 8 nitrogen and oxygen atoms in total. The summed E-state index contributed by atoms with van der Waals surface area (Å²) in [5.41, 5.74) is 9.33. The van der Waals surface area contributed by atoms with Crippen molar-refractivity contribution >= 4 is 23.1 Å². The Bertz CT molecular complexity index is 3370. The average Bonchev–Trinajstić information content (AvgIpc) is 3.39. The smallest absolute Gasteiger partial charge is 0.326 e. The zero-order valence-corrected chi connectivity index (χ0v) is 36.6. The molecule has 2 heterocycles. The van der Waals surface area contributed by atoms with Crippen LogP contribution in [0.4, 0.5) is 0 Å². The minimum Gasteiger partial charge on any atom is -0.424 e. The zero-order chi connectivity index (χ0) is 44.9. The van der Waals surface area contributed by atoms with Gasteiger partial charge in [0.15, 0.2) is 24.6 Å². The Hall–Kier alpha value is -8.63. The van der Waals surface area contributed by atoms with Gasteiger partial charge in [-0.3, -0.25) is 0 Å². The van der Waals surface area contributed by atoms with Crippen LogP contribution in [0.5, 0.6) is 11.8 Å². The van der Waals surface area contributed by atoms with Gasteiger partial charge in [-0.15, -0.1) is 0 Å². The Morgan fingerprint density at radius 2 is 0.864 bits per heavy atom. The molecule has 0 spiro atoms. The van der Waals surface area contributed by atoms with Gasteiger partial charge in [-0.2, -0.15) is 15.2 Å². The third kappa shape index (κ3) is 8.67. The summed E-state index contributed by atoms with van der Waals surface area (Å²) < 4.78 is 21.3. The molecule has 0 radical (unpaired) electrons. The van der Waals surface area contributed by atoms with E-state index in [0.717, 1.165) is 71.8 Å². The predicted octanol–water partition coefficient (Wildman–Crippen LogP) is 12.3. The van der Waals surface area contributed by atoms with E-state index >= 15 is 4.57 Å². The minimum atomic E-state index is -3.17. The molecule has 0 saturated carbocycles. The second kappa shape index (κ2) is 18.2. The van der Waals surface area contributed by atoms with Gasteiger partial charge in [0.2, 0.25) is 0 Å². The lowest BCUT2D eigenvalue weighted by atomic mass is 9.99. The highest BCUT2D eigenvalue weighted by molar-refractivity contribution is 7.85. The molecule has 66 heavy (non-hydrogen) atoms. The summed E-state index contributed by atoms with van der Waals surface area (Å²) in [6.07, 6.45) is 0. The van der Waals surface area contributed by atoms with Gasteiger partial charge < -0.3 is 9.30 Å². The Labute approximate surface area is 383 Å². The van der Waals surface area contributed by atoms with Crippen LogP contribution in [0.25, 0.3) is 67.8 Å². The van der Waals surface area contributed by atoms with E-state index < -0.39 is 7.14 Å². The molecule has 0 atom stereocenters. The maximum atomic E-state index is 15.1. The molecular weight excluding hydrogens is 832 g/mol. The fourth-order valence-corrected chi connectivity index (χ4v) is 10.4. The van der Waals surface area contributed by atoms with Crippen molar-refractivity contribution in [3.63, 3.8) is 0 Å². The molecule has 0 unspecified atom stereocenters. The summed E-state index contributed by atoms with van der Waals surface area (Å²) in [6.45, 7) is 2.07. The number of benzene rings is 8. The van der Waals surface area contributed by atoms with E-state index in [1.165, 1.54) is 0 Å². The van der Waals surface area contributed by atoms with Crippen LogP contribution in [0.1, 0.15) is 11.1 Å². The lowest BCUT2D eigenvalue weighted by Gasteiger charge is -2.20.